The largest absolute Gasteiger partial charge is 0.472 e. The monoisotopic (exact) mass is 949 g/mol. The maximum atomic E-state index is 12.8. The first-order valence-electron chi connectivity index (χ1n) is 27.5. The van der Waals surface area contributed by atoms with Gasteiger partial charge in [0.1, 0.15) is 19.3 Å². The Hall–Kier alpha value is -1.80. The number of phosphoric ester groups is 1. The van der Waals surface area contributed by atoms with Crippen LogP contribution in [0.2, 0.25) is 0 Å². The van der Waals surface area contributed by atoms with E-state index in [-0.39, 0.29) is 25.8 Å². The van der Waals surface area contributed by atoms with Gasteiger partial charge in [-0.15, -0.1) is 0 Å². The van der Waals surface area contributed by atoms with Crippen LogP contribution in [0.25, 0.3) is 0 Å². The highest BCUT2D eigenvalue weighted by molar-refractivity contribution is 7.47. The van der Waals surface area contributed by atoms with Crippen LogP contribution in [-0.4, -0.2) is 75.6 Å². The van der Waals surface area contributed by atoms with Crippen molar-refractivity contribution in [1.29, 1.82) is 0 Å². The van der Waals surface area contributed by atoms with Crippen molar-refractivity contribution in [2.24, 2.45) is 0 Å². The fourth-order valence-electron chi connectivity index (χ4n) is 7.64. The molecular formula is C57H107NO7P+. The Morgan fingerprint density at radius 1 is 0.485 bits per heavy atom. The summed E-state index contributed by atoms with van der Waals surface area (Å²) in [5.41, 5.74) is 0. The highest BCUT2D eigenvalue weighted by Crippen LogP contribution is 2.43. The minimum Gasteiger partial charge on any atom is -0.457 e. The molecule has 0 radical (unpaired) electrons. The molecule has 66 heavy (non-hydrogen) atoms. The third-order valence-electron chi connectivity index (χ3n) is 11.8. The first-order valence-corrected chi connectivity index (χ1v) is 29.0. The maximum absolute atomic E-state index is 12.8. The summed E-state index contributed by atoms with van der Waals surface area (Å²) in [4.78, 5) is 23.0. The maximum Gasteiger partial charge on any atom is 0.472 e. The number of allylic oxidation sites excluding steroid dienone is 10. The molecular weight excluding hydrogens is 842 g/mol. The van der Waals surface area contributed by atoms with Crippen LogP contribution in [0.1, 0.15) is 239 Å². The lowest BCUT2D eigenvalue weighted by molar-refractivity contribution is -0.870. The van der Waals surface area contributed by atoms with Gasteiger partial charge in [-0.25, -0.2) is 4.57 Å². The van der Waals surface area contributed by atoms with Gasteiger partial charge in [0.2, 0.25) is 0 Å². The quantitative estimate of drug-likeness (QED) is 0.0213. The molecule has 0 aromatic rings. The second kappa shape index (κ2) is 49.6. The second-order valence-corrected chi connectivity index (χ2v) is 21.0. The van der Waals surface area contributed by atoms with Gasteiger partial charge in [-0.1, -0.05) is 235 Å². The van der Waals surface area contributed by atoms with Gasteiger partial charge in [0.05, 0.1) is 34.4 Å². The van der Waals surface area contributed by atoms with Crippen LogP contribution < -0.4 is 0 Å². The zero-order chi connectivity index (χ0) is 48.3. The van der Waals surface area contributed by atoms with E-state index in [4.69, 9.17) is 18.5 Å². The summed E-state index contributed by atoms with van der Waals surface area (Å²) < 4.78 is 35.2. The number of hydrogen-bond acceptors (Lipinski definition) is 6. The Bertz CT molecular complexity index is 1240. The number of esters is 1. The summed E-state index contributed by atoms with van der Waals surface area (Å²) in [6.45, 7) is 5.53. The van der Waals surface area contributed by atoms with Crippen LogP contribution >= 0.6 is 7.82 Å². The number of carbonyl (C=O) groups excluding carboxylic acids is 1. The van der Waals surface area contributed by atoms with Crippen molar-refractivity contribution in [3.63, 3.8) is 0 Å². The van der Waals surface area contributed by atoms with Crippen molar-refractivity contribution in [1.82, 2.24) is 0 Å². The van der Waals surface area contributed by atoms with Gasteiger partial charge in [0.25, 0.3) is 0 Å². The van der Waals surface area contributed by atoms with E-state index in [0.717, 1.165) is 64.2 Å². The highest BCUT2D eigenvalue weighted by atomic mass is 31.2. The third kappa shape index (κ3) is 53.2. The van der Waals surface area contributed by atoms with E-state index in [2.05, 4.69) is 74.6 Å². The number of nitrogens with zero attached hydrogens (tertiary/aromatic N) is 1. The molecule has 0 saturated carbocycles. The first kappa shape index (κ1) is 64.2. The summed E-state index contributed by atoms with van der Waals surface area (Å²) in [5, 5.41) is 0. The fraction of sp³-hybridized carbons (Fsp3) is 0.807. The summed E-state index contributed by atoms with van der Waals surface area (Å²) >= 11 is 0. The van der Waals surface area contributed by atoms with Crippen LogP contribution in [0, 0.1) is 0 Å². The zero-order valence-corrected chi connectivity index (χ0v) is 44.8. The van der Waals surface area contributed by atoms with E-state index in [1.807, 2.05) is 21.1 Å². The molecule has 0 aromatic heterocycles. The minimum atomic E-state index is -4.28. The van der Waals surface area contributed by atoms with Gasteiger partial charge in [0, 0.05) is 13.0 Å². The van der Waals surface area contributed by atoms with E-state index in [1.165, 1.54) is 154 Å². The number of quaternary nitrogens is 1. The third-order valence-corrected chi connectivity index (χ3v) is 12.8. The van der Waals surface area contributed by atoms with E-state index in [1.54, 1.807) is 0 Å². The lowest BCUT2D eigenvalue weighted by Gasteiger charge is -2.24. The van der Waals surface area contributed by atoms with Crippen molar-refractivity contribution in [2.75, 3.05) is 54.1 Å². The van der Waals surface area contributed by atoms with E-state index in [0.29, 0.717) is 24.1 Å². The van der Waals surface area contributed by atoms with Gasteiger partial charge in [0.15, 0.2) is 0 Å². The number of likely N-dealkylation sites (N-methyl/N-ethyl adjacent to an activating group) is 1. The molecule has 0 aliphatic heterocycles. The van der Waals surface area contributed by atoms with Crippen LogP contribution in [-0.2, 0) is 27.9 Å². The molecule has 0 heterocycles. The van der Waals surface area contributed by atoms with Crippen LogP contribution in [0.4, 0.5) is 0 Å². The number of unbranched alkanes of at least 4 members (excludes halogenated alkanes) is 27. The Morgan fingerprint density at radius 2 is 0.879 bits per heavy atom. The van der Waals surface area contributed by atoms with Crippen LogP contribution in [0.3, 0.4) is 0 Å². The molecule has 0 aliphatic rings. The zero-order valence-electron chi connectivity index (χ0n) is 43.9. The summed E-state index contributed by atoms with van der Waals surface area (Å²) in [5.74, 6) is -0.312. The smallest absolute Gasteiger partial charge is 0.457 e. The van der Waals surface area contributed by atoms with Gasteiger partial charge < -0.3 is 18.9 Å². The molecule has 0 spiro atoms. The molecule has 386 valence electrons. The summed E-state index contributed by atoms with van der Waals surface area (Å²) in [7, 11) is 1.67. The van der Waals surface area contributed by atoms with Crippen molar-refractivity contribution < 1.29 is 37.3 Å². The van der Waals surface area contributed by atoms with Gasteiger partial charge in [-0.2, -0.15) is 0 Å². The topological polar surface area (TPSA) is 91.3 Å². The van der Waals surface area contributed by atoms with Crippen LogP contribution in [0.15, 0.2) is 60.8 Å². The lowest BCUT2D eigenvalue weighted by Crippen LogP contribution is -2.37. The molecule has 0 rings (SSSR count). The number of hydrogen-bond donors (Lipinski definition) is 1. The predicted molar refractivity (Wildman–Crippen MR) is 284 cm³/mol. The molecule has 2 atom stereocenters. The Balaban J connectivity index is 4.09. The Morgan fingerprint density at radius 3 is 1.32 bits per heavy atom. The number of ether oxygens (including phenoxy) is 2. The SMILES string of the molecule is CC/C=C\C/C=C\C/C=C\C/C=C\C/C=C\CCCCCCCCCCCCOCC(COP(=O)(O)OCC[N+](C)(C)C)OC(=O)CCCCCCCCCCCCCCCCCCCC. The average Bonchev–Trinajstić information content (AvgIpc) is 3.28. The molecule has 8 nitrogen and oxygen atoms in total. The van der Waals surface area contributed by atoms with Gasteiger partial charge in [-0.3, -0.25) is 13.8 Å². The standard InChI is InChI=1S/C57H106NO7P/c1-6-8-10-12-14-16-18-20-22-24-26-27-28-29-30-31-32-33-35-37-39-41-43-45-47-49-52-62-54-56(55-64-66(60,61)63-53-51-58(3,4)5)65-57(59)50-48-46-44-42-40-38-36-34-25-23-21-19-17-15-13-11-9-7-2/h8,10,14,16,20,22,26-27,29-30,56H,6-7,9,11-13,15,17-19,21,23-25,28,31-55H2,1-5H3/p+1/b10-8-,16-14-,22-20-,27-26-,30-29-. The predicted octanol–water partition coefficient (Wildman–Crippen LogP) is 17.2. The lowest BCUT2D eigenvalue weighted by atomic mass is 10.0. The molecule has 0 aromatic carbocycles. The van der Waals surface area contributed by atoms with Crippen LogP contribution in [0.5, 0.6) is 0 Å². The fourth-order valence-corrected chi connectivity index (χ4v) is 8.38. The van der Waals surface area contributed by atoms with Gasteiger partial charge >= 0.3 is 13.8 Å². The van der Waals surface area contributed by atoms with Crippen molar-refractivity contribution in [3.05, 3.63) is 60.8 Å². The van der Waals surface area contributed by atoms with Crippen molar-refractivity contribution >= 4 is 13.8 Å². The molecule has 0 aliphatic carbocycles. The molecule has 0 amide bonds. The first-order chi connectivity index (χ1) is 32.1. The number of rotatable bonds is 51. The second-order valence-electron chi connectivity index (χ2n) is 19.6. The van der Waals surface area contributed by atoms with Crippen molar-refractivity contribution in [2.45, 2.75) is 245 Å². The number of carbonyl (C=O) groups is 1. The normalized spacial score (nSPS) is 14.0. The Kier molecular flexibility index (Phi) is 48.3. The highest BCUT2D eigenvalue weighted by Gasteiger charge is 2.26. The Labute approximate surface area is 409 Å². The molecule has 0 bridgehead atoms. The van der Waals surface area contributed by atoms with E-state index < -0.39 is 13.9 Å². The molecule has 0 saturated heterocycles. The molecule has 2 unspecified atom stereocenters. The number of phosphoric acid groups is 1. The van der Waals surface area contributed by atoms with E-state index >= 15 is 0 Å². The average molecular weight is 949 g/mol. The molecule has 1 N–H and O–H groups in total. The summed E-state index contributed by atoms with van der Waals surface area (Å²) in [6, 6.07) is 0. The minimum absolute atomic E-state index is 0.0873. The van der Waals surface area contributed by atoms with Crippen molar-refractivity contribution in [3.8, 4) is 0 Å². The molecule has 9 heteroatoms. The summed E-state index contributed by atoms with van der Waals surface area (Å²) in [6.07, 6.45) is 64.1. The van der Waals surface area contributed by atoms with Gasteiger partial charge in [-0.05, 0) is 57.8 Å². The molecule has 0 fully saturated rings. The van der Waals surface area contributed by atoms with E-state index in [9.17, 15) is 14.3 Å².